The number of rotatable bonds is 4. The Morgan fingerprint density at radius 3 is 2.72 bits per heavy atom. The number of anilines is 1. The van der Waals surface area contributed by atoms with Gasteiger partial charge >= 0.3 is 0 Å². The smallest absolute Gasteiger partial charge is 0.270 e. The summed E-state index contributed by atoms with van der Waals surface area (Å²) in [5, 5.41) is 13.7. The largest absolute Gasteiger partial charge is 0.436 e. The van der Waals surface area contributed by atoms with E-state index in [1.807, 2.05) is 0 Å². The summed E-state index contributed by atoms with van der Waals surface area (Å²) in [6, 6.07) is 14.1. The Kier molecular flexibility index (Phi) is 4.69. The van der Waals surface area contributed by atoms with Gasteiger partial charge in [-0.1, -0.05) is 17.7 Å². The van der Waals surface area contributed by atoms with Crippen molar-refractivity contribution in [2.45, 2.75) is 0 Å². The lowest BCUT2D eigenvalue weighted by atomic mass is 10.2. The van der Waals surface area contributed by atoms with Gasteiger partial charge in [0.15, 0.2) is 5.58 Å². The molecule has 0 aliphatic heterocycles. The number of halogens is 2. The fraction of sp³-hybridized carbons (Fsp3) is 0. The molecule has 4 aromatic rings. The highest BCUT2D eigenvalue weighted by Gasteiger charge is 2.15. The molecule has 0 atom stereocenters. The van der Waals surface area contributed by atoms with E-state index in [1.165, 1.54) is 36.4 Å². The quantitative estimate of drug-likeness (QED) is 0.355. The molecule has 0 spiro atoms. The number of hydrogen-bond donors (Lipinski definition) is 1. The first-order chi connectivity index (χ1) is 13.9. The van der Waals surface area contributed by atoms with Crippen molar-refractivity contribution in [3.05, 3.63) is 87.2 Å². The second-order valence-electron chi connectivity index (χ2n) is 6.09. The summed E-state index contributed by atoms with van der Waals surface area (Å²) >= 11 is 6.05. The van der Waals surface area contributed by atoms with E-state index in [9.17, 15) is 19.3 Å². The zero-order chi connectivity index (χ0) is 20.5. The Balaban J connectivity index is 1.61. The number of nitrogens with one attached hydrogen (secondary N) is 1. The predicted molar refractivity (Wildman–Crippen MR) is 105 cm³/mol. The van der Waals surface area contributed by atoms with Crippen LogP contribution < -0.4 is 5.32 Å². The van der Waals surface area contributed by atoms with E-state index in [0.29, 0.717) is 22.4 Å². The third-order valence-corrected chi connectivity index (χ3v) is 4.44. The van der Waals surface area contributed by atoms with Crippen LogP contribution in [0.3, 0.4) is 0 Å². The van der Waals surface area contributed by atoms with Crippen molar-refractivity contribution in [1.82, 2.24) is 4.98 Å². The number of nitrogens with zero attached hydrogens (tertiary/aromatic N) is 2. The van der Waals surface area contributed by atoms with Crippen LogP contribution in [0.15, 0.2) is 65.1 Å². The maximum Gasteiger partial charge on any atom is 0.270 e. The van der Waals surface area contributed by atoms with Crippen molar-refractivity contribution >= 4 is 40.0 Å². The van der Waals surface area contributed by atoms with E-state index < -0.39 is 16.6 Å². The average Bonchev–Trinajstić information content (AvgIpc) is 3.11. The predicted octanol–water partition coefficient (Wildman–Crippen LogP) is 5.45. The molecule has 0 radical (unpaired) electrons. The molecular formula is C20H11ClFN3O4. The number of aromatic nitrogens is 1. The Bertz CT molecular complexity index is 1270. The maximum absolute atomic E-state index is 13.2. The number of hydrogen-bond acceptors (Lipinski definition) is 5. The molecule has 0 saturated heterocycles. The van der Waals surface area contributed by atoms with E-state index in [1.54, 1.807) is 18.2 Å². The van der Waals surface area contributed by atoms with Crippen molar-refractivity contribution in [1.29, 1.82) is 0 Å². The molecule has 1 amide bonds. The number of carbonyl (C=O) groups excluding carboxylic acids is 1. The van der Waals surface area contributed by atoms with Gasteiger partial charge in [0, 0.05) is 23.4 Å². The third kappa shape index (κ3) is 3.78. The Morgan fingerprint density at radius 2 is 1.97 bits per heavy atom. The number of benzene rings is 3. The van der Waals surface area contributed by atoms with Crippen LogP contribution >= 0.6 is 11.6 Å². The van der Waals surface area contributed by atoms with Crippen LogP contribution in [0.2, 0.25) is 5.02 Å². The molecule has 0 saturated carbocycles. The van der Waals surface area contributed by atoms with Crippen molar-refractivity contribution in [2.24, 2.45) is 0 Å². The molecule has 4 rings (SSSR count). The standard InChI is InChI=1S/C20H11ClFN3O4/c21-16-9-12(22)4-6-15(16)20-24-17-10-13(5-7-18(17)29-20)23-19(26)11-2-1-3-14(8-11)25(27)28/h1-10H,(H,23,26). The van der Waals surface area contributed by atoms with Gasteiger partial charge in [0.05, 0.1) is 15.5 Å². The lowest BCUT2D eigenvalue weighted by Gasteiger charge is -2.04. The van der Waals surface area contributed by atoms with Crippen LogP contribution in [0.25, 0.3) is 22.6 Å². The van der Waals surface area contributed by atoms with E-state index >= 15 is 0 Å². The molecule has 144 valence electrons. The first kappa shape index (κ1) is 18.6. The molecule has 29 heavy (non-hydrogen) atoms. The number of non-ortho nitro benzene ring substituents is 1. The normalized spacial score (nSPS) is 10.8. The number of nitro benzene ring substituents is 1. The molecule has 0 aliphatic carbocycles. The van der Waals surface area contributed by atoms with Crippen LogP contribution in [-0.4, -0.2) is 15.8 Å². The van der Waals surface area contributed by atoms with Gasteiger partial charge in [-0.3, -0.25) is 14.9 Å². The minimum absolute atomic E-state index is 0.151. The van der Waals surface area contributed by atoms with E-state index in [0.717, 1.165) is 6.07 Å². The summed E-state index contributed by atoms with van der Waals surface area (Å²) in [5.41, 5.74) is 1.75. The summed E-state index contributed by atoms with van der Waals surface area (Å²) in [6.07, 6.45) is 0. The molecule has 0 unspecified atom stereocenters. The van der Waals surface area contributed by atoms with Gasteiger partial charge in [-0.2, -0.15) is 0 Å². The average molecular weight is 412 g/mol. The molecule has 3 aromatic carbocycles. The minimum atomic E-state index is -0.569. The fourth-order valence-electron chi connectivity index (χ4n) is 2.75. The Morgan fingerprint density at radius 1 is 1.14 bits per heavy atom. The van der Waals surface area contributed by atoms with E-state index in [2.05, 4.69) is 10.3 Å². The van der Waals surface area contributed by atoms with Crippen LogP contribution in [0.5, 0.6) is 0 Å². The number of oxazole rings is 1. The second kappa shape index (κ2) is 7.33. The lowest BCUT2D eigenvalue weighted by molar-refractivity contribution is -0.384. The van der Waals surface area contributed by atoms with E-state index in [4.69, 9.17) is 16.0 Å². The highest BCUT2D eigenvalue weighted by molar-refractivity contribution is 6.33. The van der Waals surface area contributed by atoms with Crippen molar-refractivity contribution < 1.29 is 18.5 Å². The van der Waals surface area contributed by atoms with Gasteiger partial charge < -0.3 is 9.73 Å². The molecule has 1 N–H and O–H groups in total. The van der Waals surface area contributed by atoms with Gasteiger partial charge in [-0.05, 0) is 42.5 Å². The summed E-state index contributed by atoms with van der Waals surface area (Å²) in [7, 11) is 0. The van der Waals surface area contributed by atoms with Crippen molar-refractivity contribution in [3.8, 4) is 11.5 Å². The monoisotopic (exact) mass is 411 g/mol. The molecule has 9 heteroatoms. The summed E-state index contributed by atoms with van der Waals surface area (Å²) in [5.74, 6) is -0.758. The number of amides is 1. The van der Waals surface area contributed by atoms with Crippen LogP contribution in [0.4, 0.5) is 15.8 Å². The minimum Gasteiger partial charge on any atom is -0.436 e. The number of nitro groups is 1. The van der Waals surface area contributed by atoms with Crippen LogP contribution in [0, 0.1) is 15.9 Å². The summed E-state index contributed by atoms with van der Waals surface area (Å²) in [6.45, 7) is 0. The van der Waals surface area contributed by atoms with Gasteiger partial charge in [0.25, 0.3) is 11.6 Å². The molecular weight excluding hydrogens is 401 g/mol. The van der Waals surface area contributed by atoms with Crippen molar-refractivity contribution in [2.75, 3.05) is 5.32 Å². The molecule has 0 aliphatic rings. The van der Waals surface area contributed by atoms with Gasteiger partial charge in [0.2, 0.25) is 5.89 Å². The van der Waals surface area contributed by atoms with Crippen LogP contribution in [-0.2, 0) is 0 Å². The fourth-order valence-corrected chi connectivity index (χ4v) is 3.00. The second-order valence-corrected chi connectivity index (χ2v) is 6.49. The highest BCUT2D eigenvalue weighted by atomic mass is 35.5. The van der Waals surface area contributed by atoms with Gasteiger partial charge in [0.1, 0.15) is 11.3 Å². The zero-order valence-corrected chi connectivity index (χ0v) is 15.3. The van der Waals surface area contributed by atoms with Crippen LogP contribution in [0.1, 0.15) is 10.4 Å². The lowest BCUT2D eigenvalue weighted by Crippen LogP contribution is -2.12. The Hall–Kier alpha value is -3.78. The summed E-state index contributed by atoms with van der Waals surface area (Å²) in [4.78, 5) is 27.0. The first-order valence-corrected chi connectivity index (χ1v) is 8.70. The molecule has 7 nitrogen and oxygen atoms in total. The Labute approximate surface area is 167 Å². The maximum atomic E-state index is 13.2. The third-order valence-electron chi connectivity index (χ3n) is 4.13. The van der Waals surface area contributed by atoms with E-state index in [-0.39, 0.29) is 22.2 Å². The molecule has 0 bridgehead atoms. The summed E-state index contributed by atoms with van der Waals surface area (Å²) < 4.78 is 18.9. The first-order valence-electron chi connectivity index (χ1n) is 8.32. The number of fused-ring (bicyclic) bond motifs is 1. The number of carbonyl (C=O) groups is 1. The van der Waals surface area contributed by atoms with Crippen molar-refractivity contribution in [3.63, 3.8) is 0 Å². The SMILES string of the molecule is O=C(Nc1ccc2oc(-c3ccc(F)cc3Cl)nc2c1)c1cccc([N+](=O)[O-])c1. The van der Waals surface area contributed by atoms with Gasteiger partial charge in [-0.25, -0.2) is 9.37 Å². The highest BCUT2D eigenvalue weighted by Crippen LogP contribution is 2.31. The molecule has 1 heterocycles. The molecule has 1 aromatic heterocycles. The zero-order valence-electron chi connectivity index (χ0n) is 14.6. The topological polar surface area (TPSA) is 98.3 Å². The molecule has 0 fully saturated rings. The van der Waals surface area contributed by atoms with Gasteiger partial charge in [-0.15, -0.1) is 0 Å².